The van der Waals surface area contributed by atoms with E-state index in [-0.39, 0.29) is 0 Å². The van der Waals surface area contributed by atoms with Crippen molar-refractivity contribution in [1.29, 1.82) is 0 Å². The summed E-state index contributed by atoms with van der Waals surface area (Å²) in [7, 11) is 0. The molecule has 0 bridgehead atoms. The van der Waals surface area contributed by atoms with Crippen LogP contribution in [-0.4, -0.2) is 23.1 Å². The molecule has 0 radical (unpaired) electrons. The van der Waals surface area contributed by atoms with Gasteiger partial charge in [-0.25, -0.2) is 0 Å². The molecular weight excluding hydrogens is 264 g/mol. The van der Waals surface area contributed by atoms with E-state index in [1.165, 1.54) is 11.8 Å². The summed E-state index contributed by atoms with van der Waals surface area (Å²) in [6, 6.07) is 7.45. The molecular formula is C10H11BrO2S. The second-order valence-corrected chi connectivity index (χ2v) is 4.63. The van der Waals surface area contributed by atoms with E-state index >= 15 is 0 Å². The minimum Gasteiger partial charge on any atom is -0.481 e. The number of aliphatic carboxylic acids is 1. The third-order valence-corrected chi connectivity index (χ3v) is 3.30. The van der Waals surface area contributed by atoms with Gasteiger partial charge in [0.1, 0.15) is 0 Å². The summed E-state index contributed by atoms with van der Waals surface area (Å²) < 4.78 is 0.862. The third-order valence-electron chi connectivity index (χ3n) is 1.91. The lowest BCUT2D eigenvalue weighted by atomic mass is 10.0. The van der Waals surface area contributed by atoms with Gasteiger partial charge in [-0.2, -0.15) is 11.8 Å². The van der Waals surface area contributed by atoms with Gasteiger partial charge >= 0.3 is 5.97 Å². The first kappa shape index (κ1) is 11.6. The lowest BCUT2D eigenvalue weighted by Gasteiger charge is -2.12. The summed E-state index contributed by atoms with van der Waals surface area (Å²) in [5, 5.41) is 9.05. The summed E-state index contributed by atoms with van der Waals surface area (Å²) in [4.78, 5) is 11.0. The van der Waals surface area contributed by atoms with E-state index < -0.39 is 11.9 Å². The molecule has 0 saturated heterocycles. The van der Waals surface area contributed by atoms with E-state index in [0.717, 1.165) is 10.0 Å². The molecule has 0 aliphatic heterocycles. The molecule has 0 heterocycles. The molecule has 0 fully saturated rings. The van der Waals surface area contributed by atoms with Crippen molar-refractivity contribution >= 4 is 33.7 Å². The predicted molar refractivity (Wildman–Crippen MR) is 62.9 cm³/mol. The van der Waals surface area contributed by atoms with Gasteiger partial charge in [0, 0.05) is 10.2 Å². The molecule has 0 spiro atoms. The molecule has 14 heavy (non-hydrogen) atoms. The Morgan fingerprint density at radius 2 is 2.21 bits per heavy atom. The first-order valence-electron chi connectivity index (χ1n) is 4.13. The highest BCUT2D eigenvalue weighted by Crippen LogP contribution is 2.27. The summed E-state index contributed by atoms with van der Waals surface area (Å²) in [5.74, 6) is -0.607. The first-order chi connectivity index (χ1) is 6.66. The normalized spacial score (nSPS) is 12.4. The molecule has 0 aliphatic rings. The van der Waals surface area contributed by atoms with Crippen LogP contribution < -0.4 is 0 Å². The van der Waals surface area contributed by atoms with Gasteiger partial charge in [-0.05, 0) is 17.9 Å². The van der Waals surface area contributed by atoms with E-state index in [0.29, 0.717) is 5.75 Å². The van der Waals surface area contributed by atoms with Crippen LogP contribution in [0.3, 0.4) is 0 Å². The molecule has 0 saturated carbocycles. The maximum absolute atomic E-state index is 11.0. The molecule has 76 valence electrons. The SMILES string of the molecule is CSCC(C(=O)O)c1ccccc1Br. The second-order valence-electron chi connectivity index (χ2n) is 2.87. The average Bonchev–Trinajstić information content (AvgIpc) is 2.15. The van der Waals surface area contributed by atoms with E-state index in [4.69, 9.17) is 5.11 Å². The number of carboxylic acids is 1. The van der Waals surface area contributed by atoms with Crippen molar-refractivity contribution in [3.8, 4) is 0 Å². The zero-order valence-corrected chi connectivity index (χ0v) is 10.1. The summed E-state index contributed by atoms with van der Waals surface area (Å²) >= 11 is 4.90. The van der Waals surface area contributed by atoms with Crippen molar-refractivity contribution < 1.29 is 9.90 Å². The second kappa shape index (κ2) is 5.41. The summed E-state index contributed by atoms with van der Waals surface area (Å²) in [6.45, 7) is 0. The number of halogens is 1. The molecule has 0 aliphatic carbocycles. The fraction of sp³-hybridized carbons (Fsp3) is 0.300. The molecule has 0 aromatic heterocycles. The number of hydrogen-bond acceptors (Lipinski definition) is 2. The van der Waals surface area contributed by atoms with Crippen molar-refractivity contribution in [3.05, 3.63) is 34.3 Å². The topological polar surface area (TPSA) is 37.3 Å². The average molecular weight is 275 g/mol. The number of hydrogen-bond donors (Lipinski definition) is 1. The maximum atomic E-state index is 11.0. The molecule has 1 aromatic carbocycles. The fourth-order valence-corrected chi connectivity index (χ4v) is 2.44. The van der Waals surface area contributed by atoms with Crippen LogP contribution in [-0.2, 0) is 4.79 Å². The minimum absolute atomic E-state index is 0.430. The van der Waals surface area contributed by atoms with Gasteiger partial charge in [-0.3, -0.25) is 4.79 Å². The lowest BCUT2D eigenvalue weighted by Crippen LogP contribution is -2.14. The Labute approximate surface area is 95.8 Å². The number of rotatable bonds is 4. The number of carboxylic acid groups (broad SMARTS) is 1. The quantitative estimate of drug-likeness (QED) is 0.917. The molecule has 1 aromatic rings. The van der Waals surface area contributed by atoms with Crippen molar-refractivity contribution in [2.45, 2.75) is 5.92 Å². The van der Waals surface area contributed by atoms with Crippen LogP contribution in [0.25, 0.3) is 0 Å². The van der Waals surface area contributed by atoms with Crippen molar-refractivity contribution in [1.82, 2.24) is 0 Å². The predicted octanol–water partition coefficient (Wildman–Crippen LogP) is 2.98. The van der Waals surface area contributed by atoms with Crippen LogP contribution in [0, 0.1) is 0 Å². The molecule has 1 atom stereocenters. The van der Waals surface area contributed by atoms with Crippen molar-refractivity contribution in [2.24, 2.45) is 0 Å². The zero-order valence-electron chi connectivity index (χ0n) is 7.74. The Kier molecular flexibility index (Phi) is 4.48. The standard InChI is InChI=1S/C10H11BrO2S/c1-14-6-8(10(12)13)7-4-2-3-5-9(7)11/h2-5,8H,6H2,1H3,(H,12,13). The number of benzene rings is 1. The Morgan fingerprint density at radius 3 is 2.71 bits per heavy atom. The fourth-order valence-electron chi connectivity index (χ4n) is 1.22. The van der Waals surface area contributed by atoms with Crippen molar-refractivity contribution in [3.63, 3.8) is 0 Å². The Morgan fingerprint density at radius 1 is 1.57 bits per heavy atom. The first-order valence-corrected chi connectivity index (χ1v) is 6.31. The van der Waals surface area contributed by atoms with Crippen LogP contribution in [0.1, 0.15) is 11.5 Å². The van der Waals surface area contributed by atoms with E-state index in [9.17, 15) is 4.79 Å². The maximum Gasteiger partial charge on any atom is 0.311 e. The van der Waals surface area contributed by atoms with Crippen LogP contribution in [0.15, 0.2) is 28.7 Å². The van der Waals surface area contributed by atoms with Gasteiger partial charge in [0.25, 0.3) is 0 Å². The zero-order chi connectivity index (χ0) is 10.6. The number of thioether (sulfide) groups is 1. The van der Waals surface area contributed by atoms with Gasteiger partial charge in [-0.15, -0.1) is 0 Å². The minimum atomic E-state index is -0.772. The largest absolute Gasteiger partial charge is 0.481 e. The van der Waals surface area contributed by atoms with Gasteiger partial charge in [0.15, 0.2) is 0 Å². The van der Waals surface area contributed by atoms with Gasteiger partial charge < -0.3 is 5.11 Å². The molecule has 1 N–H and O–H groups in total. The molecule has 1 unspecified atom stereocenters. The lowest BCUT2D eigenvalue weighted by molar-refractivity contribution is -0.138. The Bertz CT molecular complexity index is 328. The van der Waals surface area contributed by atoms with Crippen LogP contribution in [0.5, 0.6) is 0 Å². The van der Waals surface area contributed by atoms with Crippen molar-refractivity contribution in [2.75, 3.05) is 12.0 Å². The van der Waals surface area contributed by atoms with E-state index in [2.05, 4.69) is 15.9 Å². The molecule has 1 rings (SSSR count). The smallest absolute Gasteiger partial charge is 0.311 e. The summed E-state index contributed by atoms with van der Waals surface area (Å²) in [5.41, 5.74) is 0.842. The highest BCUT2D eigenvalue weighted by Gasteiger charge is 2.20. The molecule has 0 amide bonds. The van der Waals surface area contributed by atoms with E-state index in [1.54, 1.807) is 0 Å². The summed E-state index contributed by atoms with van der Waals surface area (Å²) in [6.07, 6.45) is 1.91. The van der Waals surface area contributed by atoms with Crippen LogP contribution in [0.4, 0.5) is 0 Å². The highest BCUT2D eigenvalue weighted by molar-refractivity contribution is 9.10. The highest BCUT2D eigenvalue weighted by atomic mass is 79.9. The van der Waals surface area contributed by atoms with Gasteiger partial charge in [0.2, 0.25) is 0 Å². The number of carbonyl (C=O) groups is 1. The van der Waals surface area contributed by atoms with Gasteiger partial charge in [0.05, 0.1) is 5.92 Å². The van der Waals surface area contributed by atoms with Gasteiger partial charge in [-0.1, -0.05) is 34.1 Å². The van der Waals surface area contributed by atoms with Crippen LogP contribution >= 0.6 is 27.7 Å². The van der Waals surface area contributed by atoms with E-state index in [1.807, 2.05) is 30.5 Å². The molecule has 2 nitrogen and oxygen atoms in total. The monoisotopic (exact) mass is 274 g/mol. The Balaban J connectivity index is 2.99. The molecule has 4 heteroatoms. The third kappa shape index (κ3) is 2.75. The van der Waals surface area contributed by atoms with Crippen LogP contribution in [0.2, 0.25) is 0 Å². The Hall–Kier alpha value is -0.480.